The van der Waals surface area contributed by atoms with Crippen molar-refractivity contribution in [2.45, 2.75) is 19.0 Å². The highest BCUT2D eigenvalue weighted by Gasteiger charge is 2.47. The van der Waals surface area contributed by atoms with Gasteiger partial charge in [-0.15, -0.1) is 11.3 Å². The van der Waals surface area contributed by atoms with Gasteiger partial charge in [0.15, 0.2) is 0 Å². The van der Waals surface area contributed by atoms with E-state index in [1.807, 2.05) is 0 Å². The van der Waals surface area contributed by atoms with E-state index < -0.39 is 24.1 Å². The van der Waals surface area contributed by atoms with Gasteiger partial charge in [0.2, 0.25) is 5.67 Å². The number of carboxylic acids is 1. The number of hydrogen-bond acceptors (Lipinski definition) is 4. The number of carbonyl (C=O) groups excluding carboxylic acids is 1. The minimum absolute atomic E-state index is 0.0545. The number of halogens is 2. The molecule has 1 saturated heterocycles. The van der Waals surface area contributed by atoms with Crippen LogP contribution in [0.15, 0.2) is 30.3 Å². The summed E-state index contributed by atoms with van der Waals surface area (Å²) in [4.78, 5) is 26.1. The molecule has 9 heteroatoms. The molecular formula is C18H15F2N3O3S. The van der Waals surface area contributed by atoms with Gasteiger partial charge in [0.25, 0.3) is 5.91 Å². The predicted molar refractivity (Wildman–Crippen MR) is 95.6 cm³/mol. The molecule has 0 saturated carbocycles. The number of carbonyl (C=O) groups is 2. The van der Waals surface area contributed by atoms with Crippen LogP contribution in [-0.2, 0) is 4.79 Å². The molecule has 1 N–H and O–H groups in total. The van der Waals surface area contributed by atoms with Crippen molar-refractivity contribution in [3.63, 3.8) is 0 Å². The van der Waals surface area contributed by atoms with E-state index in [-0.39, 0.29) is 18.8 Å². The third kappa shape index (κ3) is 2.87. The van der Waals surface area contributed by atoms with Crippen molar-refractivity contribution in [2.75, 3.05) is 13.1 Å². The number of aryl methyl sites for hydroxylation is 1. The molecule has 140 valence electrons. The van der Waals surface area contributed by atoms with Crippen molar-refractivity contribution in [3.8, 4) is 5.69 Å². The monoisotopic (exact) mass is 391 g/mol. The van der Waals surface area contributed by atoms with Crippen LogP contribution in [-0.4, -0.2) is 50.4 Å². The van der Waals surface area contributed by atoms with E-state index in [2.05, 4.69) is 5.10 Å². The van der Waals surface area contributed by atoms with E-state index in [0.29, 0.717) is 21.1 Å². The number of aromatic nitrogens is 2. The normalized spacial score (nSPS) is 19.7. The topological polar surface area (TPSA) is 75.4 Å². The SMILES string of the molecule is Cc1nn(-c2ccc(F)cc2)c2sc(C(=O)N3CC[C@](F)(C(=O)O)C3)cc12. The zero-order chi connectivity index (χ0) is 19.3. The third-order valence-corrected chi connectivity index (χ3v) is 5.82. The lowest BCUT2D eigenvalue weighted by Crippen LogP contribution is -2.38. The average Bonchev–Trinajstić information content (AvgIpc) is 3.31. The van der Waals surface area contributed by atoms with Crippen molar-refractivity contribution < 1.29 is 23.5 Å². The fourth-order valence-electron chi connectivity index (χ4n) is 3.19. The van der Waals surface area contributed by atoms with Gasteiger partial charge in [-0.1, -0.05) is 0 Å². The summed E-state index contributed by atoms with van der Waals surface area (Å²) in [5.74, 6) is -2.30. The van der Waals surface area contributed by atoms with Crippen molar-refractivity contribution in [1.29, 1.82) is 0 Å². The second-order valence-corrected chi connectivity index (χ2v) is 7.58. The number of carboxylic acid groups (broad SMARTS) is 1. The highest BCUT2D eigenvalue weighted by atomic mass is 32.1. The minimum atomic E-state index is -2.40. The van der Waals surface area contributed by atoms with E-state index in [1.54, 1.807) is 29.8 Å². The molecule has 0 spiro atoms. The number of hydrogen-bond donors (Lipinski definition) is 1. The number of aliphatic carboxylic acids is 1. The van der Waals surface area contributed by atoms with Gasteiger partial charge in [0, 0.05) is 18.4 Å². The Morgan fingerprint density at radius 1 is 1.30 bits per heavy atom. The van der Waals surface area contributed by atoms with Crippen LogP contribution < -0.4 is 0 Å². The third-order valence-electron chi connectivity index (χ3n) is 4.72. The minimum Gasteiger partial charge on any atom is -0.479 e. The first-order chi connectivity index (χ1) is 12.8. The molecule has 6 nitrogen and oxygen atoms in total. The van der Waals surface area contributed by atoms with Gasteiger partial charge >= 0.3 is 5.97 Å². The molecule has 1 atom stereocenters. The summed E-state index contributed by atoms with van der Waals surface area (Å²) in [6.07, 6.45) is -0.221. The maximum absolute atomic E-state index is 14.3. The maximum Gasteiger partial charge on any atom is 0.343 e. The molecule has 0 unspecified atom stereocenters. The summed E-state index contributed by atoms with van der Waals surface area (Å²) < 4.78 is 29.1. The lowest BCUT2D eigenvalue weighted by atomic mass is 10.1. The van der Waals surface area contributed by atoms with Crippen molar-refractivity contribution in [1.82, 2.24) is 14.7 Å². The van der Waals surface area contributed by atoms with Crippen LogP contribution in [0.3, 0.4) is 0 Å². The van der Waals surface area contributed by atoms with Crippen LogP contribution in [0.2, 0.25) is 0 Å². The van der Waals surface area contributed by atoms with Crippen LogP contribution >= 0.6 is 11.3 Å². The zero-order valence-corrected chi connectivity index (χ0v) is 15.1. The first-order valence-electron chi connectivity index (χ1n) is 8.25. The average molecular weight is 391 g/mol. The number of likely N-dealkylation sites (tertiary alicyclic amines) is 1. The van der Waals surface area contributed by atoms with E-state index in [9.17, 15) is 18.4 Å². The molecule has 27 heavy (non-hydrogen) atoms. The van der Waals surface area contributed by atoms with Crippen molar-refractivity contribution in [2.24, 2.45) is 0 Å². The summed E-state index contributed by atoms with van der Waals surface area (Å²) in [6, 6.07) is 7.52. The number of rotatable bonds is 3. The summed E-state index contributed by atoms with van der Waals surface area (Å²) in [6.45, 7) is 1.40. The van der Waals surface area contributed by atoms with E-state index in [0.717, 1.165) is 5.39 Å². The van der Waals surface area contributed by atoms with Gasteiger partial charge in [-0.3, -0.25) is 4.79 Å². The Morgan fingerprint density at radius 3 is 2.63 bits per heavy atom. The molecule has 4 rings (SSSR count). The molecule has 0 radical (unpaired) electrons. The van der Waals surface area contributed by atoms with Gasteiger partial charge in [0.05, 0.1) is 22.8 Å². The van der Waals surface area contributed by atoms with Gasteiger partial charge in [0.1, 0.15) is 10.6 Å². The van der Waals surface area contributed by atoms with Gasteiger partial charge in [-0.25, -0.2) is 18.3 Å². The second-order valence-electron chi connectivity index (χ2n) is 6.55. The molecule has 1 aliphatic heterocycles. The molecule has 0 aliphatic carbocycles. The van der Waals surface area contributed by atoms with Gasteiger partial charge in [-0.05, 0) is 37.3 Å². The summed E-state index contributed by atoms with van der Waals surface area (Å²) in [7, 11) is 0. The summed E-state index contributed by atoms with van der Waals surface area (Å²) in [5, 5.41) is 14.2. The second kappa shape index (κ2) is 6.12. The van der Waals surface area contributed by atoms with Crippen LogP contribution in [0.5, 0.6) is 0 Å². The van der Waals surface area contributed by atoms with Crippen LogP contribution in [0.1, 0.15) is 21.8 Å². The maximum atomic E-state index is 14.3. The van der Waals surface area contributed by atoms with Gasteiger partial charge < -0.3 is 10.0 Å². The smallest absolute Gasteiger partial charge is 0.343 e. The number of alkyl halides is 1. The van der Waals surface area contributed by atoms with Crippen molar-refractivity contribution in [3.05, 3.63) is 46.7 Å². The Kier molecular flexibility index (Phi) is 3.99. The molecule has 3 heterocycles. The predicted octanol–water partition coefficient (Wildman–Crippen LogP) is 3.17. The molecule has 3 aromatic rings. The zero-order valence-electron chi connectivity index (χ0n) is 14.3. The highest BCUT2D eigenvalue weighted by Crippen LogP contribution is 2.33. The molecule has 0 bridgehead atoms. The Balaban J connectivity index is 1.68. The molecule has 1 fully saturated rings. The first-order valence-corrected chi connectivity index (χ1v) is 9.07. The molecule has 1 aliphatic rings. The number of thiophene rings is 1. The highest BCUT2D eigenvalue weighted by molar-refractivity contribution is 7.20. The Hall–Kier alpha value is -2.81. The number of benzene rings is 1. The molecule has 2 aromatic heterocycles. The fourth-order valence-corrected chi connectivity index (χ4v) is 4.34. The molecular weight excluding hydrogens is 376 g/mol. The van der Waals surface area contributed by atoms with Crippen molar-refractivity contribution >= 4 is 33.4 Å². The largest absolute Gasteiger partial charge is 0.479 e. The Bertz CT molecular complexity index is 1060. The molecule has 1 aromatic carbocycles. The quantitative estimate of drug-likeness (QED) is 0.744. The lowest BCUT2D eigenvalue weighted by Gasteiger charge is -2.16. The van der Waals surface area contributed by atoms with E-state index >= 15 is 0 Å². The number of amides is 1. The Morgan fingerprint density at radius 2 is 2.00 bits per heavy atom. The van der Waals surface area contributed by atoms with Crippen LogP contribution in [0.25, 0.3) is 15.9 Å². The summed E-state index contributed by atoms with van der Waals surface area (Å²) in [5.41, 5.74) is -1.03. The molecule has 1 amide bonds. The van der Waals surface area contributed by atoms with Crippen LogP contribution in [0, 0.1) is 12.7 Å². The van der Waals surface area contributed by atoms with E-state index in [1.165, 1.54) is 28.4 Å². The van der Waals surface area contributed by atoms with Crippen LogP contribution in [0.4, 0.5) is 8.78 Å². The first kappa shape index (κ1) is 17.6. The standard InChI is InChI=1S/C18H15F2N3O3S/c1-10-13-8-14(15(24)22-7-6-18(20,9-22)17(25)26)27-16(13)23(21-10)12-4-2-11(19)3-5-12/h2-5,8H,6-7,9H2,1H3,(H,25,26)/t18-/m1/s1. The van der Waals surface area contributed by atoms with E-state index in [4.69, 9.17) is 5.11 Å². The van der Waals surface area contributed by atoms with Gasteiger partial charge in [-0.2, -0.15) is 5.10 Å². The lowest BCUT2D eigenvalue weighted by molar-refractivity contribution is -0.149. The number of fused-ring (bicyclic) bond motifs is 1. The fraction of sp³-hybridized carbons (Fsp3) is 0.278. The number of nitrogens with zero attached hydrogens (tertiary/aromatic N) is 3. The Labute approximate surface area is 156 Å². The summed E-state index contributed by atoms with van der Waals surface area (Å²) >= 11 is 1.19.